The molecule has 0 radical (unpaired) electrons. The number of aromatic nitrogens is 1. The summed E-state index contributed by atoms with van der Waals surface area (Å²) in [4.78, 5) is 21.3. The Morgan fingerprint density at radius 1 is 1.32 bits per heavy atom. The number of anilines is 2. The molecule has 25 heavy (non-hydrogen) atoms. The van der Waals surface area contributed by atoms with Crippen LogP contribution in [0.3, 0.4) is 0 Å². The number of hydrogen-bond acceptors (Lipinski definition) is 5. The topological polar surface area (TPSA) is 48.5 Å². The summed E-state index contributed by atoms with van der Waals surface area (Å²) in [6, 6.07) is 8.12. The first-order valence-corrected chi connectivity index (χ1v) is 9.84. The van der Waals surface area contributed by atoms with E-state index >= 15 is 0 Å². The normalized spacial score (nSPS) is 16.0. The first kappa shape index (κ1) is 18.0. The van der Waals surface area contributed by atoms with Gasteiger partial charge in [-0.05, 0) is 31.5 Å². The Morgan fingerprint density at radius 3 is 2.72 bits per heavy atom. The number of benzene rings is 1. The fraction of sp³-hybridized carbons (Fsp3) is 0.444. The van der Waals surface area contributed by atoms with Gasteiger partial charge >= 0.3 is 0 Å². The molecular formula is C18H23ClN4OS. The van der Waals surface area contributed by atoms with Gasteiger partial charge in [-0.2, -0.15) is 0 Å². The fourth-order valence-electron chi connectivity index (χ4n) is 2.74. The number of piperazine rings is 1. The number of halogens is 1. The summed E-state index contributed by atoms with van der Waals surface area (Å²) in [5.74, 6) is -0.0885. The smallest absolute Gasteiger partial charge is 0.271 e. The van der Waals surface area contributed by atoms with Crippen molar-refractivity contribution in [2.24, 2.45) is 0 Å². The third-order valence-electron chi connectivity index (χ3n) is 4.44. The Bertz CT molecular complexity index is 727. The molecule has 1 fully saturated rings. The molecule has 1 saturated heterocycles. The standard InChI is InChI=1S/C18H23ClN4OS/c1-3-13(2)20-17(24)16-12-25-18(21-16)23-9-7-22(8-10-23)15-6-4-5-14(19)11-15/h4-6,11-13H,3,7-10H2,1-2H3,(H,20,24)/t13-/m0/s1. The molecule has 5 nitrogen and oxygen atoms in total. The maximum atomic E-state index is 12.2. The van der Waals surface area contributed by atoms with Crippen LogP contribution in [0.25, 0.3) is 0 Å². The number of rotatable bonds is 5. The molecule has 1 aliphatic rings. The van der Waals surface area contributed by atoms with E-state index in [2.05, 4.69) is 33.1 Å². The molecule has 1 aromatic carbocycles. The van der Waals surface area contributed by atoms with Crippen molar-refractivity contribution in [3.63, 3.8) is 0 Å². The molecule has 0 bridgehead atoms. The van der Waals surface area contributed by atoms with Crippen LogP contribution in [-0.4, -0.2) is 43.1 Å². The summed E-state index contributed by atoms with van der Waals surface area (Å²) in [7, 11) is 0. The predicted molar refractivity (Wildman–Crippen MR) is 105 cm³/mol. The number of hydrogen-bond donors (Lipinski definition) is 1. The van der Waals surface area contributed by atoms with E-state index in [1.54, 1.807) is 0 Å². The van der Waals surface area contributed by atoms with Gasteiger partial charge in [0.25, 0.3) is 5.91 Å². The monoisotopic (exact) mass is 378 g/mol. The lowest BCUT2D eigenvalue weighted by molar-refractivity contribution is 0.0935. The number of nitrogens with one attached hydrogen (secondary N) is 1. The summed E-state index contributed by atoms with van der Waals surface area (Å²) in [5, 5.41) is 6.48. The van der Waals surface area contributed by atoms with E-state index in [0.717, 1.165) is 48.4 Å². The molecule has 1 atom stereocenters. The van der Waals surface area contributed by atoms with Gasteiger partial charge in [0.15, 0.2) is 5.13 Å². The number of amides is 1. The number of carbonyl (C=O) groups excluding carboxylic acids is 1. The van der Waals surface area contributed by atoms with Gasteiger partial charge in [-0.3, -0.25) is 4.79 Å². The first-order valence-electron chi connectivity index (χ1n) is 8.58. The molecule has 0 aliphatic carbocycles. The van der Waals surface area contributed by atoms with Crippen molar-refractivity contribution in [2.45, 2.75) is 26.3 Å². The SMILES string of the molecule is CC[C@H](C)NC(=O)c1csc(N2CCN(c3cccc(Cl)c3)CC2)n1. The summed E-state index contributed by atoms with van der Waals surface area (Å²) >= 11 is 7.62. The van der Waals surface area contributed by atoms with Gasteiger partial charge < -0.3 is 15.1 Å². The zero-order valence-electron chi connectivity index (χ0n) is 14.5. The van der Waals surface area contributed by atoms with Gasteiger partial charge in [0.2, 0.25) is 0 Å². The van der Waals surface area contributed by atoms with Crippen LogP contribution < -0.4 is 15.1 Å². The highest BCUT2D eigenvalue weighted by Crippen LogP contribution is 2.25. The first-order chi connectivity index (χ1) is 12.1. The highest BCUT2D eigenvalue weighted by molar-refractivity contribution is 7.13. The molecular weight excluding hydrogens is 356 g/mol. The summed E-state index contributed by atoms with van der Waals surface area (Å²) in [6.07, 6.45) is 0.911. The summed E-state index contributed by atoms with van der Waals surface area (Å²) < 4.78 is 0. The van der Waals surface area contributed by atoms with E-state index in [1.807, 2.05) is 30.5 Å². The molecule has 7 heteroatoms. The average molecular weight is 379 g/mol. The molecule has 134 valence electrons. The van der Waals surface area contributed by atoms with Crippen molar-refractivity contribution >= 4 is 39.7 Å². The summed E-state index contributed by atoms with van der Waals surface area (Å²) in [6.45, 7) is 7.64. The average Bonchev–Trinajstić information content (AvgIpc) is 3.12. The predicted octanol–water partition coefficient (Wildman–Crippen LogP) is 3.65. The van der Waals surface area contributed by atoms with E-state index in [-0.39, 0.29) is 11.9 Å². The second-order valence-electron chi connectivity index (χ2n) is 6.25. The molecule has 2 aromatic rings. The maximum Gasteiger partial charge on any atom is 0.271 e. The molecule has 0 unspecified atom stereocenters. The highest BCUT2D eigenvalue weighted by Gasteiger charge is 2.21. The molecule has 1 aliphatic heterocycles. The minimum atomic E-state index is -0.0885. The zero-order valence-corrected chi connectivity index (χ0v) is 16.1. The second kappa shape index (κ2) is 8.06. The fourth-order valence-corrected chi connectivity index (χ4v) is 3.79. The maximum absolute atomic E-state index is 12.2. The summed E-state index contributed by atoms with van der Waals surface area (Å²) in [5.41, 5.74) is 1.66. The lowest BCUT2D eigenvalue weighted by Gasteiger charge is -2.36. The minimum Gasteiger partial charge on any atom is -0.368 e. The van der Waals surface area contributed by atoms with Gasteiger partial charge in [0.1, 0.15) is 5.69 Å². The van der Waals surface area contributed by atoms with Crippen molar-refractivity contribution in [3.05, 3.63) is 40.4 Å². The molecule has 0 saturated carbocycles. The number of nitrogens with zero attached hydrogens (tertiary/aromatic N) is 3. The van der Waals surface area contributed by atoms with Gasteiger partial charge in [-0.1, -0.05) is 24.6 Å². The highest BCUT2D eigenvalue weighted by atomic mass is 35.5. The quantitative estimate of drug-likeness (QED) is 0.862. The van der Waals surface area contributed by atoms with Crippen LogP contribution in [0.2, 0.25) is 5.02 Å². The zero-order chi connectivity index (χ0) is 17.8. The molecule has 1 amide bonds. The largest absolute Gasteiger partial charge is 0.368 e. The molecule has 2 heterocycles. The molecule has 3 rings (SSSR count). The Kier molecular flexibility index (Phi) is 5.81. The van der Waals surface area contributed by atoms with Crippen LogP contribution in [-0.2, 0) is 0 Å². The van der Waals surface area contributed by atoms with Crippen molar-refractivity contribution in [1.29, 1.82) is 0 Å². The van der Waals surface area contributed by atoms with E-state index in [4.69, 9.17) is 11.6 Å². The van der Waals surface area contributed by atoms with E-state index < -0.39 is 0 Å². The van der Waals surface area contributed by atoms with Crippen LogP contribution >= 0.6 is 22.9 Å². The van der Waals surface area contributed by atoms with Crippen molar-refractivity contribution in [1.82, 2.24) is 10.3 Å². The number of thiazole rings is 1. The van der Waals surface area contributed by atoms with Crippen molar-refractivity contribution < 1.29 is 4.79 Å². The lowest BCUT2D eigenvalue weighted by Crippen LogP contribution is -2.46. The Labute approximate surface area is 157 Å². The van der Waals surface area contributed by atoms with Gasteiger partial charge in [0.05, 0.1) is 0 Å². The Morgan fingerprint density at radius 2 is 2.04 bits per heavy atom. The third kappa shape index (κ3) is 4.44. The second-order valence-corrected chi connectivity index (χ2v) is 7.53. The van der Waals surface area contributed by atoms with Gasteiger partial charge in [0, 0.05) is 48.3 Å². The van der Waals surface area contributed by atoms with Gasteiger partial charge in [-0.25, -0.2) is 4.98 Å². The van der Waals surface area contributed by atoms with Crippen LogP contribution in [0.4, 0.5) is 10.8 Å². The van der Waals surface area contributed by atoms with Crippen LogP contribution in [0.5, 0.6) is 0 Å². The lowest BCUT2D eigenvalue weighted by atomic mass is 10.2. The molecule has 1 N–H and O–H groups in total. The molecule has 0 spiro atoms. The Hall–Kier alpha value is -1.79. The number of carbonyl (C=O) groups is 1. The van der Waals surface area contributed by atoms with E-state index in [9.17, 15) is 4.79 Å². The molecule has 1 aromatic heterocycles. The van der Waals surface area contributed by atoms with Crippen LogP contribution in [0.1, 0.15) is 30.8 Å². The van der Waals surface area contributed by atoms with E-state index in [1.165, 1.54) is 11.3 Å². The van der Waals surface area contributed by atoms with Crippen molar-refractivity contribution in [2.75, 3.05) is 36.0 Å². The van der Waals surface area contributed by atoms with Gasteiger partial charge in [-0.15, -0.1) is 11.3 Å². The Balaban J connectivity index is 1.59. The van der Waals surface area contributed by atoms with Crippen molar-refractivity contribution in [3.8, 4) is 0 Å². The van der Waals surface area contributed by atoms with E-state index in [0.29, 0.717) is 5.69 Å². The van der Waals surface area contributed by atoms with Crippen LogP contribution in [0, 0.1) is 0 Å². The minimum absolute atomic E-state index is 0.0885. The third-order valence-corrected chi connectivity index (χ3v) is 5.57. The van der Waals surface area contributed by atoms with Crippen LogP contribution in [0.15, 0.2) is 29.6 Å².